The van der Waals surface area contributed by atoms with Crippen LogP contribution in [-0.2, 0) is 25.6 Å². The predicted molar refractivity (Wildman–Crippen MR) is 154 cm³/mol. The number of carbonyl (C=O) groups is 2. The molecule has 0 aromatic heterocycles. The van der Waals surface area contributed by atoms with E-state index in [1.165, 1.54) is 0 Å². The summed E-state index contributed by atoms with van der Waals surface area (Å²) in [6.07, 6.45) is 12.4. The van der Waals surface area contributed by atoms with E-state index in [0.717, 1.165) is 24.8 Å². The van der Waals surface area contributed by atoms with Crippen LogP contribution in [0.25, 0.3) is 0 Å². The van der Waals surface area contributed by atoms with Crippen LogP contribution in [0.3, 0.4) is 0 Å². The Balaban J connectivity index is 1.94. The Kier molecular flexibility index (Phi) is 16.5. The SMILES string of the molecule is CCNC(=O)CCC/C=C\C[C@@H]1[C@@H](/C=C/[C@@H](O)CCc2ccccc2)[C@H](OC(=O)CCCCCON=O)C[C@@H]1O. The molecule has 222 valence electrons. The number of aliphatic hydroxyl groups excluding tert-OH is 2. The molecule has 0 spiro atoms. The fourth-order valence-corrected chi connectivity index (χ4v) is 5.04. The van der Waals surface area contributed by atoms with E-state index in [4.69, 9.17) is 4.74 Å². The summed E-state index contributed by atoms with van der Waals surface area (Å²) in [6, 6.07) is 9.98. The first-order valence-electron chi connectivity index (χ1n) is 14.6. The molecule has 9 nitrogen and oxygen atoms in total. The summed E-state index contributed by atoms with van der Waals surface area (Å²) in [4.78, 5) is 38.6. The molecule has 0 saturated heterocycles. The van der Waals surface area contributed by atoms with E-state index < -0.39 is 18.3 Å². The van der Waals surface area contributed by atoms with Crippen molar-refractivity contribution in [2.45, 2.75) is 95.9 Å². The number of nitrogens with one attached hydrogen (secondary N) is 1. The van der Waals surface area contributed by atoms with Gasteiger partial charge in [0.05, 0.1) is 12.2 Å². The third-order valence-corrected chi connectivity index (χ3v) is 7.19. The summed E-state index contributed by atoms with van der Waals surface area (Å²) in [5.74, 6) is -0.648. The van der Waals surface area contributed by atoms with Gasteiger partial charge in [-0.3, -0.25) is 9.59 Å². The van der Waals surface area contributed by atoms with Gasteiger partial charge in [-0.15, -0.1) is 4.91 Å². The number of benzene rings is 1. The molecule has 40 heavy (non-hydrogen) atoms. The third-order valence-electron chi connectivity index (χ3n) is 7.19. The number of aryl methyl sites for hydroxylation is 1. The van der Waals surface area contributed by atoms with Crippen molar-refractivity contribution in [1.82, 2.24) is 5.32 Å². The van der Waals surface area contributed by atoms with Crippen LogP contribution in [0.1, 0.15) is 76.7 Å². The summed E-state index contributed by atoms with van der Waals surface area (Å²) in [6.45, 7) is 2.76. The van der Waals surface area contributed by atoms with Crippen LogP contribution in [0.5, 0.6) is 0 Å². The number of hydrogen-bond acceptors (Lipinski definition) is 8. The van der Waals surface area contributed by atoms with Gasteiger partial charge in [0.15, 0.2) is 5.34 Å². The highest BCUT2D eigenvalue weighted by molar-refractivity contribution is 5.75. The van der Waals surface area contributed by atoms with E-state index in [2.05, 4.69) is 15.5 Å². The summed E-state index contributed by atoms with van der Waals surface area (Å²) in [5.41, 5.74) is 1.15. The minimum Gasteiger partial charge on any atom is -0.462 e. The van der Waals surface area contributed by atoms with Gasteiger partial charge in [0.2, 0.25) is 5.91 Å². The molecule has 1 saturated carbocycles. The van der Waals surface area contributed by atoms with Gasteiger partial charge in [0.25, 0.3) is 0 Å². The Morgan fingerprint density at radius 2 is 1.93 bits per heavy atom. The van der Waals surface area contributed by atoms with Gasteiger partial charge in [-0.05, 0) is 69.8 Å². The lowest BCUT2D eigenvalue weighted by atomic mass is 9.89. The molecular weight excluding hydrogens is 512 g/mol. The van der Waals surface area contributed by atoms with Crippen LogP contribution in [0.15, 0.2) is 60.0 Å². The Morgan fingerprint density at radius 1 is 1.12 bits per heavy atom. The predicted octanol–water partition coefficient (Wildman–Crippen LogP) is 4.96. The summed E-state index contributed by atoms with van der Waals surface area (Å²) in [7, 11) is 0. The highest BCUT2D eigenvalue weighted by Gasteiger charge is 2.42. The Bertz CT molecular complexity index is 922. The van der Waals surface area contributed by atoms with Crippen LogP contribution in [-0.4, -0.2) is 53.6 Å². The summed E-state index contributed by atoms with van der Waals surface area (Å²) < 4.78 is 5.81. The molecule has 2 rings (SSSR count). The number of aliphatic hydroxyl groups is 2. The van der Waals surface area contributed by atoms with Crippen LogP contribution in [0.4, 0.5) is 0 Å². The van der Waals surface area contributed by atoms with E-state index in [0.29, 0.717) is 51.5 Å². The fraction of sp³-hybridized carbons (Fsp3) is 0.613. The minimum absolute atomic E-state index is 0.0501. The highest BCUT2D eigenvalue weighted by atomic mass is 16.7. The number of amides is 1. The normalized spacial score (nSPS) is 21.5. The second-order valence-corrected chi connectivity index (χ2v) is 10.3. The van der Waals surface area contributed by atoms with Crippen LogP contribution >= 0.6 is 0 Å². The average molecular weight is 559 g/mol. The van der Waals surface area contributed by atoms with Gasteiger partial charge in [-0.1, -0.05) is 54.6 Å². The average Bonchev–Trinajstić information content (AvgIpc) is 3.23. The number of carbonyl (C=O) groups excluding carboxylic acids is 2. The molecule has 9 heteroatoms. The second kappa shape index (κ2) is 19.9. The van der Waals surface area contributed by atoms with E-state index in [-0.39, 0.29) is 36.7 Å². The maximum Gasteiger partial charge on any atom is 0.306 e. The maximum absolute atomic E-state index is 12.6. The van der Waals surface area contributed by atoms with Gasteiger partial charge in [0.1, 0.15) is 12.7 Å². The van der Waals surface area contributed by atoms with E-state index in [1.54, 1.807) is 6.08 Å². The number of allylic oxidation sites excluding steroid dienone is 2. The number of nitrogens with zero attached hydrogens (tertiary/aromatic N) is 1. The molecule has 0 radical (unpaired) electrons. The van der Waals surface area contributed by atoms with Gasteiger partial charge in [-0.25, -0.2) is 0 Å². The lowest BCUT2D eigenvalue weighted by Gasteiger charge is -2.22. The number of unbranched alkanes of at least 4 members (excludes halogenated alkanes) is 3. The number of esters is 1. The van der Waals surface area contributed by atoms with Gasteiger partial charge >= 0.3 is 5.97 Å². The molecule has 1 aromatic carbocycles. The Morgan fingerprint density at radius 3 is 2.67 bits per heavy atom. The molecule has 1 aliphatic rings. The monoisotopic (exact) mass is 558 g/mol. The van der Waals surface area contributed by atoms with Crippen LogP contribution < -0.4 is 5.32 Å². The van der Waals surface area contributed by atoms with Gasteiger partial charge in [0, 0.05) is 31.7 Å². The third kappa shape index (κ3) is 13.3. The lowest BCUT2D eigenvalue weighted by Crippen LogP contribution is -2.24. The first-order valence-corrected chi connectivity index (χ1v) is 14.6. The van der Waals surface area contributed by atoms with E-state index in [9.17, 15) is 24.7 Å². The standard InChI is InChI=1S/C31H46N2O7/c1-2-32-30(36)16-10-4-3-9-15-26-27(21-20-25(34)19-18-24-13-7-5-8-14-24)29(23-28(26)35)40-31(37)17-11-6-12-22-39-33-38/h3,5,7-9,13-14,20-21,25-29,34-35H,2,4,6,10-12,15-19,22-23H2,1H3,(H,32,36)/b9-3-,21-20+/t25-,26+,27+,28-,29+/m0/s1. The van der Waals surface area contributed by atoms with Crippen molar-refractivity contribution in [1.29, 1.82) is 0 Å². The van der Waals surface area contributed by atoms with Crippen molar-refractivity contribution in [3.8, 4) is 0 Å². The molecule has 0 aliphatic heterocycles. The zero-order chi connectivity index (χ0) is 29.0. The molecule has 0 bridgehead atoms. The van der Waals surface area contributed by atoms with Crippen molar-refractivity contribution in [3.63, 3.8) is 0 Å². The molecule has 0 unspecified atom stereocenters. The van der Waals surface area contributed by atoms with Crippen molar-refractivity contribution in [2.75, 3.05) is 13.2 Å². The van der Waals surface area contributed by atoms with E-state index in [1.807, 2.05) is 55.5 Å². The molecule has 1 fully saturated rings. The minimum atomic E-state index is -0.650. The molecule has 5 atom stereocenters. The van der Waals surface area contributed by atoms with Crippen molar-refractivity contribution in [2.24, 2.45) is 17.2 Å². The topological polar surface area (TPSA) is 135 Å². The molecule has 0 heterocycles. The largest absolute Gasteiger partial charge is 0.462 e. The summed E-state index contributed by atoms with van der Waals surface area (Å²) in [5, 5.41) is 26.6. The van der Waals surface area contributed by atoms with E-state index >= 15 is 0 Å². The number of rotatable bonds is 20. The van der Waals surface area contributed by atoms with Crippen molar-refractivity contribution < 1.29 is 29.4 Å². The van der Waals surface area contributed by atoms with Gasteiger partial charge < -0.3 is 25.1 Å². The number of hydrogen-bond donors (Lipinski definition) is 3. The Labute approximate surface area is 238 Å². The molecule has 3 N–H and O–H groups in total. The highest BCUT2D eigenvalue weighted by Crippen LogP contribution is 2.38. The Hall–Kier alpha value is -3.04. The molecule has 1 aromatic rings. The maximum atomic E-state index is 12.6. The number of ether oxygens (including phenoxy) is 1. The second-order valence-electron chi connectivity index (χ2n) is 10.3. The fourth-order valence-electron chi connectivity index (χ4n) is 5.04. The quantitative estimate of drug-likeness (QED) is 0.0677. The smallest absolute Gasteiger partial charge is 0.306 e. The van der Waals surface area contributed by atoms with Crippen LogP contribution in [0.2, 0.25) is 0 Å². The summed E-state index contributed by atoms with van der Waals surface area (Å²) >= 11 is 0. The van der Waals surface area contributed by atoms with Crippen LogP contribution in [0, 0.1) is 16.7 Å². The zero-order valence-electron chi connectivity index (χ0n) is 23.7. The first-order chi connectivity index (χ1) is 19.4. The van der Waals surface area contributed by atoms with Crippen molar-refractivity contribution in [3.05, 3.63) is 65.1 Å². The molecular formula is C31H46N2O7. The lowest BCUT2D eigenvalue weighted by molar-refractivity contribution is -0.150. The zero-order valence-corrected chi connectivity index (χ0v) is 23.7. The first kappa shape index (κ1) is 33.2. The molecule has 1 aliphatic carbocycles. The van der Waals surface area contributed by atoms with Gasteiger partial charge in [-0.2, -0.15) is 0 Å². The molecule has 1 amide bonds. The van der Waals surface area contributed by atoms with Crippen molar-refractivity contribution >= 4 is 11.9 Å².